The number of ether oxygens (including phenoxy) is 1. The van der Waals surface area contributed by atoms with Crippen LogP contribution >= 0.6 is 0 Å². The minimum absolute atomic E-state index is 0.0412. The van der Waals surface area contributed by atoms with Crippen molar-refractivity contribution in [1.82, 2.24) is 24.6 Å². The highest BCUT2D eigenvalue weighted by Gasteiger charge is 2.26. The Bertz CT molecular complexity index is 636. The van der Waals surface area contributed by atoms with Gasteiger partial charge in [-0.3, -0.25) is 9.48 Å². The van der Waals surface area contributed by atoms with Crippen molar-refractivity contribution in [1.29, 1.82) is 0 Å². The Morgan fingerprint density at radius 1 is 1.41 bits per heavy atom. The number of morpholine rings is 1. The van der Waals surface area contributed by atoms with E-state index in [9.17, 15) is 4.79 Å². The van der Waals surface area contributed by atoms with Crippen molar-refractivity contribution >= 4 is 5.91 Å². The van der Waals surface area contributed by atoms with E-state index in [1.807, 2.05) is 30.9 Å². The second-order valence-electron chi connectivity index (χ2n) is 5.38. The van der Waals surface area contributed by atoms with E-state index < -0.39 is 0 Å². The lowest BCUT2D eigenvalue weighted by Gasteiger charge is -2.32. The molecule has 1 saturated heterocycles. The minimum Gasteiger partial charge on any atom is -0.368 e. The van der Waals surface area contributed by atoms with Crippen LogP contribution in [0, 0.1) is 13.8 Å². The molecule has 22 heavy (non-hydrogen) atoms. The zero-order chi connectivity index (χ0) is 15.5. The monoisotopic (exact) mass is 301 g/mol. The van der Waals surface area contributed by atoms with Crippen molar-refractivity contribution in [3.8, 4) is 0 Å². The maximum Gasteiger partial charge on any atom is 0.244 e. The summed E-state index contributed by atoms with van der Waals surface area (Å²) >= 11 is 0. The van der Waals surface area contributed by atoms with Gasteiger partial charge in [0.25, 0.3) is 0 Å². The van der Waals surface area contributed by atoms with Crippen LogP contribution in [0.3, 0.4) is 0 Å². The smallest absolute Gasteiger partial charge is 0.244 e. The first-order chi connectivity index (χ1) is 10.6. The van der Waals surface area contributed by atoms with E-state index in [1.54, 1.807) is 17.1 Å². The molecule has 116 valence electrons. The van der Waals surface area contributed by atoms with Crippen LogP contribution in [0.5, 0.6) is 0 Å². The summed E-state index contributed by atoms with van der Waals surface area (Å²) in [4.78, 5) is 22.9. The lowest BCUT2D eigenvalue weighted by molar-refractivity contribution is -0.140. The number of aryl methyl sites for hydroxylation is 2. The fourth-order valence-corrected chi connectivity index (χ4v) is 2.60. The van der Waals surface area contributed by atoms with Crippen LogP contribution in [0.2, 0.25) is 0 Å². The highest BCUT2D eigenvalue weighted by molar-refractivity contribution is 5.76. The van der Waals surface area contributed by atoms with Crippen LogP contribution < -0.4 is 0 Å². The molecule has 1 aliphatic heterocycles. The summed E-state index contributed by atoms with van der Waals surface area (Å²) in [6.45, 7) is 5.66. The number of rotatable bonds is 3. The molecule has 0 bridgehead atoms. The molecular weight excluding hydrogens is 282 g/mol. The lowest BCUT2D eigenvalue weighted by atomic mass is 10.1. The molecule has 0 aromatic carbocycles. The molecule has 2 aromatic rings. The zero-order valence-electron chi connectivity index (χ0n) is 12.8. The standard InChI is InChI=1S/C15H19N5O2/c1-11-8-13(18-12(2)17-11)14-9-19(6-7-22-14)15(21)10-20-5-3-4-16-20/h3-5,8,14H,6-7,9-10H2,1-2H3. The van der Waals surface area contributed by atoms with E-state index in [2.05, 4.69) is 15.1 Å². The number of carbonyl (C=O) groups is 1. The largest absolute Gasteiger partial charge is 0.368 e. The molecule has 7 nitrogen and oxygen atoms in total. The molecule has 2 aromatic heterocycles. The van der Waals surface area contributed by atoms with Gasteiger partial charge in [0.1, 0.15) is 18.5 Å². The molecule has 0 spiro atoms. The first kappa shape index (κ1) is 14.6. The molecule has 3 heterocycles. The Morgan fingerprint density at radius 2 is 2.27 bits per heavy atom. The van der Waals surface area contributed by atoms with Crippen molar-refractivity contribution in [2.45, 2.75) is 26.5 Å². The summed E-state index contributed by atoms with van der Waals surface area (Å²) < 4.78 is 7.41. The number of aromatic nitrogens is 4. The third-order valence-electron chi connectivity index (χ3n) is 3.59. The fourth-order valence-electron chi connectivity index (χ4n) is 2.60. The number of carbonyl (C=O) groups excluding carboxylic acids is 1. The van der Waals surface area contributed by atoms with Gasteiger partial charge in [0.15, 0.2) is 0 Å². The van der Waals surface area contributed by atoms with Crippen molar-refractivity contribution < 1.29 is 9.53 Å². The quantitative estimate of drug-likeness (QED) is 0.842. The van der Waals surface area contributed by atoms with E-state index in [0.29, 0.717) is 19.7 Å². The van der Waals surface area contributed by atoms with Crippen molar-refractivity contribution in [3.05, 3.63) is 41.7 Å². The Hall–Kier alpha value is -2.28. The van der Waals surface area contributed by atoms with E-state index >= 15 is 0 Å². The highest BCUT2D eigenvalue weighted by Crippen LogP contribution is 2.21. The molecule has 0 saturated carbocycles. The minimum atomic E-state index is -0.198. The van der Waals surface area contributed by atoms with Crippen LogP contribution in [0.4, 0.5) is 0 Å². The predicted molar refractivity (Wildman–Crippen MR) is 79.0 cm³/mol. The number of nitrogens with zero attached hydrogens (tertiary/aromatic N) is 5. The van der Waals surface area contributed by atoms with Gasteiger partial charge in [-0.2, -0.15) is 5.10 Å². The second kappa shape index (κ2) is 6.23. The van der Waals surface area contributed by atoms with Crippen LogP contribution in [0.1, 0.15) is 23.3 Å². The molecule has 1 aliphatic rings. The Labute approximate surface area is 128 Å². The first-order valence-electron chi connectivity index (χ1n) is 7.31. The van der Waals surface area contributed by atoms with E-state index in [0.717, 1.165) is 17.2 Å². The van der Waals surface area contributed by atoms with E-state index in [4.69, 9.17) is 4.74 Å². The van der Waals surface area contributed by atoms with Gasteiger partial charge in [-0.25, -0.2) is 9.97 Å². The maximum absolute atomic E-state index is 12.4. The molecule has 0 aliphatic carbocycles. The van der Waals surface area contributed by atoms with Crippen molar-refractivity contribution in [2.24, 2.45) is 0 Å². The van der Waals surface area contributed by atoms with Gasteiger partial charge in [-0.1, -0.05) is 0 Å². The van der Waals surface area contributed by atoms with Crippen LogP contribution in [0.25, 0.3) is 0 Å². The lowest BCUT2D eigenvalue weighted by Crippen LogP contribution is -2.44. The van der Waals surface area contributed by atoms with Gasteiger partial charge in [-0.05, 0) is 26.0 Å². The Kier molecular flexibility index (Phi) is 4.15. The van der Waals surface area contributed by atoms with Gasteiger partial charge in [0.2, 0.25) is 5.91 Å². The summed E-state index contributed by atoms with van der Waals surface area (Å²) in [7, 11) is 0. The Balaban J connectivity index is 1.69. The van der Waals surface area contributed by atoms with Gasteiger partial charge < -0.3 is 9.64 Å². The molecule has 1 unspecified atom stereocenters. The maximum atomic E-state index is 12.4. The van der Waals surface area contributed by atoms with Crippen LogP contribution in [0.15, 0.2) is 24.5 Å². The van der Waals surface area contributed by atoms with Crippen LogP contribution in [-0.2, 0) is 16.1 Å². The molecule has 1 fully saturated rings. The average molecular weight is 301 g/mol. The fraction of sp³-hybridized carbons (Fsp3) is 0.467. The molecule has 0 radical (unpaired) electrons. The van der Waals surface area contributed by atoms with Gasteiger partial charge >= 0.3 is 0 Å². The Morgan fingerprint density at radius 3 is 3.00 bits per heavy atom. The molecule has 0 N–H and O–H groups in total. The van der Waals surface area contributed by atoms with Crippen molar-refractivity contribution in [2.75, 3.05) is 19.7 Å². The molecule has 1 amide bonds. The summed E-state index contributed by atoms with van der Waals surface area (Å²) in [6, 6.07) is 3.72. The third kappa shape index (κ3) is 3.30. The van der Waals surface area contributed by atoms with Gasteiger partial charge in [-0.15, -0.1) is 0 Å². The molecule has 7 heteroatoms. The highest BCUT2D eigenvalue weighted by atomic mass is 16.5. The normalized spacial score (nSPS) is 18.5. The number of amides is 1. The zero-order valence-corrected chi connectivity index (χ0v) is 12.8. The summed E-state index contributed by atoms with van der Waals surface area (Å²) in [6.07, 6.45) is 3.25. The molecule has 1 atom stereocenters. The number of hydrogen-bond acceptors (Lipinski definition) is 5. The van der Waals surface area contributed by atoms with E-state index in [-0.39, 0.29) is 18.6 Å². The third-order valence-corrected chi connectivity index (χ3v) is 3.59. The average Bonchev–Trinajstić information content (AvgIpc) is 2.99. The number of hydrogen-bond donors (Lipinski definition) is 0. The van der Waals surface area contributed by atoms with Gasteiger partial charge in [0, 0.05) is 24.6 Å². The van der Waals surface area contributed by atoms with Crippen molar-refractivity contribution in [3.63, 3.8) is 0 Å². The topological polar surface area (TPSA) is 73.1 Å². The predicted octanol–water partition coefficient (Wildman–Crippen LogP) is 0.890. The first-order valence-corrected chi connectivity index (χ1v) is 7.31. The molecular formula is C15H19N5O2. The molecule has 3 rings (SSSR count). The summed E-state index contributed by atoms with van der Waals surface area (Å²) in [5, 5.41) is 4.07. The van der Waals surface area contributed by atoms with Crippen LogP contribution in [-0.4, -0.2) is 50.3 Å². The summed E-state index contributed by atoms with van der Waals surface area (Å²) in [5.41, 5.74) is 1.74. The van der Waals surface area contributed by atoms with E-state index in [1.165, 1.54) is 0 Å². The van der Waals surface area contributed by atoms with Gasteiger partial charge in [0.05, 0.1) is 18.8 Å². The SMILES string of the molecule is Cc1cc(C2CN(C(=O)Cn3cccn3)CCO2)nc(C)n1. The summed E-state index contributed by atoms with van der Waals surface area (Å²) in [5.74, 6) is 0.762. The second-order valence-corrected chi connectivity index (χ2v) is 5.38.